The van der Waals surface area contributed by atoms with Crippen molar-refractivity contribution in [2.24, 2.45) is 0 Å². The summed E-state index contributed by atoms with van der Waals surface area (Å²) in [5, 5.41) is 23.0. The average molecular weight is 602 g/mol. The largest absolute Gasteiger partial charge is 0.483 e. The Morgan fingerprint density at radius 2 is 1.93 bits per heavy atom. The van der Waals surface area contributed by atoms with Gasteiger partial charge in [0.15, 0.2) is 0 Å². The van der Waals surface area contributed by atoms with Crippen LogP contribution < -0.4 is 10.6 Å². The molecule has 0 bridgehead atoms. The summed E-state index contributed by atoms with van der Waals surface area (Å²) in [4.78, 5) is 36.2. The highest BCUT2D eigenvalue weighted by atomic mass is 19.4. The van der Waals surface area contributed by atoms with Crippen molar-refractivity contribution in [3.63, 3.8) is 0 Å². The number of H-pyrrole nitrogens is 1. The number of carbonyl (C=O) groups excluding carboxylic acids is 1. The number of nitriles is 1. The van der Waals surface area contributed by atoms with E-state index in [0.29, 0.717) is 28.6 Å². The van der Waals surface area contributed by atoms with Gasteiger partial charge >= 0.3 is 17.8 Å². The summed E-state index contributed by atoms with van der Waals surface area (Å²) in [6.45, 7) is 4.96. The summed E-state index contributed by atoms with van der Waals surface area (Å²) in [5.74, 6) is -0.738. The second kappa shape index (κ2) is 13.0. The number of aromatic nitrogens is 3. The number of fused-ring (bicyclic) bond motifs is 1. The standard InChI is InChI=1S/C28H29F3N6O3.CH2O2/c1-6-37(3,4)13-12-19-14-18(16-32)10-11-22(19)24-23(25(38)40-5)17(2)35(26-33-34-27(39)36(24)26)21-9-7-8-20(15-21)28(29,30)31;2-1-3/h7-11,14-15,24H,6,12-13H2,1-5H3;1H,(H,2,3)/p+1/t24-;/m1./s1. The number of alkyl halides is 3. The molecule has 0 amide bonds. The number of nitrogens with one attached hydrogen (secondary N) is 1. The molecule has 11 nitrogen and oxygen atoms in total. The van der Waals surface area contributed by atoms with Crippen LogP contribution in [0.15, 0.2) is 58.5 Å². The highest BCUT2D eigenvalue weighted by Gasteiger charge is 2.41. The molecule has 0 saturated carbocycles. The van der Waals surface area contributed by atoms with Gasteiger partial charge in [-0.25, -0.2) is 19.3 Å². The molecule has 2 heterocycles. The lowest BCUT2D eigenvalue weighted by molar-refractivity contribution is -0.888. The number of halogens is 3. The Kier molecular flexibility index (Phi) is 9.82. The fourth-order valence-corrected chi connectivity index (χ4v) is 4.82. The lowest BCUT2D eigenvalue weighted by atomic mass is 9.89. The number of nitrogens with zero attached hydrogens (tertiary/aromatic N) is 5. The Morgan fingerprint density at radius 1 is 1.26 bits per heavy atom. The number of hydrogen-bond acceptors (Lipinski definition) is 7. The van der Waals surface area contributed by atoms with Gasteiger partial charge in [-0.2, -0.15) is 18.4 Å². The zero-order chi connectivity index (χ0) is 32.1. The fourth-order valence-electron chi connectivity index (χ4n) is 4.82. The first-order valence-electron chi connectivity index (χ1n) is 13.1. The molecule has 0 saturated heterocycles. The van der Waals surface area contributed by atoms with Gasteiger partial charge in [0, 0.05) is 17.8 Å². The summed E-state index contributed by atoms with van der Waals surface area (Å²) in [6.07, 6.45) is -4.07. The number of rotatable bonds is 7. The van der Waals surface area contributed by atoms with Crippen LogP contribution in [-0.2, 0) is 26.9 Å². The molecule has 228 valence electrons. The second-order valence-electron chi connectivity index (χ2n) is 10.3. The van der Waals surface area contributed by atoms with E-state index in [-0.39, 0.29) is 29.4 Å². The van der Waals surface area contributed by atoms with Crippen molar-refractivity contribution in [3.05, 3.63) is 86.5 Å². The lowest BCUT2D eigenvalue weighted by Crippen LogP contribution is -2.41. The monoisotopic (exact) mass is 601 g/mol. The van der Waals surface area contributed by atoms with Crippen LogP contribution in [0.2, 0.25) is 0 Å². The molecule has 2 N–H and O–H groups in total. The summed E-state index contributed by atoms with van der Waals surface area (Å²) >= 11 is 0. The number of likely N-dealkylation sites (N-methyl/N-ethyl adjacent to an activating group) is 1. The number of carboxylic acid groups (broad SMARTS) is 1. The Bertz CT molecular complexity index is 1630. The number of aromatic amines is 1. The number of methoxy groups -OCH3 is 1. The van der Waals surface area contributed by atoms with E-state index in [0.717, 1.165) is 24.2 Å². The molecule has 4 rings (SSSR count). The summed E-state index contributed by atoms with van der Waals surface area (Å²) in [5.41, 5.74) is 0.582. The van der Waals surface area contributed by atoms with E-state index in [1.807, 2.05) is 0 Å². The molecule has 0 fully saturated rings. The molecule has 1 aromatic heterocycles. The first-order valence-corrected chi connectivity index (χ1v) is 13.1. The van der Waals surface area contributed by atoms with Gasteiger partial charge in [0.25, 0.3) is 6.47 Å². The number of carbonyl (C=O) groups is 2. The first-order chi connectivity index (χ1) is 20.2. The molecule has 1 atom stereocenters. The van der Waals surface area contributed by atoms with Crippen LogP contribution in [0.1, 0.15) is 42.1 Å². The van der Waals surface area contributed by atoms with Gasteiger partial charge in [-0.1, -0.05) is 12.1 Å². The predicted octanol–water partition coefficient (Wildman–Crippen LogP) is 3.99. The first kappa shape index (κ1) is 32.6. The fraction of sp³-hybridized carbons (Fsp3) is 0.345. The SMILES string of the molecule is CC[N+](C)(C)CCc1cc(C#N)ccc1[C@@H]1C(C(=O)OC)=C(C)N(c2cccc(C(F)(F)F)c2)c2n[nH]c(=O)n21.O=CO. The molecule has 1 aliphatic rings. The number of hydrogen-bond donors (Lipinski definition) is 2. The van der Waals surface area contributed by atoms with Gasteiger partial charge in [-0.05, 0) is 55.3 Å². The molecule has 3 aromatic rings. The molecular weight excluding hydrogens is 569 g/mol. The Hall–Kier alpha value is -4.90. The van der Waals surface area contributed by atoms with E-state index in [9.17, 15) is 28.0 Å². The van der Waals surface area contributed by atoms with E-state index in [1.165, 1.54) is 28.7 Å². The van der Waals surface area contributed by atoms with Gasteiger partial charge in [0.05, 0.1) is 57.1 Å². The van der Waals surface area contributed by atoms with Crippen molar-refractivity contribution in [2.45, 2.75) is 32.5 Å². The van der Waals surface area contributed by atoms with Crippen molar-refractivity contribution in [1.82, 2.24) is 14.8 Å². The van der Waals surface area contributed by atoms with Crippen LogP contribution in [0.25, 0.3) is 0 Å². The van der Waals surface area contributed by atoms with E-state index in [4.69, 9.17) is 14.6 Å². The molecule has 1 aliphatic heterocycles. The zero-order valence-corrected chi connectivity index (χ0v) is 24.3. The molecule has 2 aromatic carbocycles. The number of benzene rings is 2. The lowest BCUT2D eigenvalue weighted by Gasteiger charge is -2.36. The van der Waals surface area contributed by atoms with Gasteiger partial charge in [-0.15, -0.1) is 5.10 Å². The highest BCUT2D eigenvalue weighted by molar-refractivity contribution is 5.93. The predicted molar refractivity (Wildman–Crippen MR) is 150 cm³/mol. The summed E-state index contributed by atoms with van der Waals surface area (Å²) < 4.78 is 47.7. The minimum Gasteiger partial charge on any atom is -0.483 e. The third kappa shape index (κ3) is 6.78. The van der Waals surface area contributed by atoms with Crippen molar-refractivity contribution in [3.8, 4) is 6.07 Å². The van der Waals surface area contributed by atoms with Crippen LogP contribution in [0, 0.1) is 11.3 Å². The normalized spacial score (nSPS) is 14.8. The molecule has 43 heavy (non-hydrogen) atoms. The quantitative estimate of drug-likeness (QED) is 0.235. The van der Waals surface area contributed by atoms with E-state index in [2.05, 4.69) is 37.3 Å². The van der Waals surface area contributed by atoms with Crippen LogP contribution in [0.3, 0.4) is 0 Å². The van der Waals surface area contributed by atoms with Crippen LogP contribution in [0.5, 0.6) is 0 Å². The smallest absolute Gasteiger partial charge is 0.416 e. The second-order valence-corrected chi connectivity index (χ2v) is 10.3. The topological polar surface area (TPSA) is 141 Å². The Labute approximate surface area is 245 Å². The van der Waals surface area contributed by atoms with E-state index < -0.39 is 29.4 Å². The number of quaternary nitrogens is 1. The third-order valence-corrected chi connectivity index (χ3v) is 7.39. The molecule has 14 heteroatoms. The molecule has 0 spiro atoms. The maximum absolute atomic E-state index is 13.6. The number of ether oxygens (including phenoxy) is 1. The molecular formula is C29H32F3N6O5+. The van der Waals surface area contributed by atoms with E-state index >= 15 is 0 Å². The van der Waals surface area contributed by atoms with Crippen LogP contribution >= 0.6 is 0 Å². The number of allylic oxidation sites excluding steroid dienone is 1. The molecule has 0 unspecified atom stereocenters. The van der Waals surface area contributed by atoms with Crippen LogP contribution in [0.4, 0.5) is 24.8 Å². The minimum absolute atomic E-state index is 0.0134. The number of anilines is 2. The van der Waals surface area contributed by atoms with E-state index in [1.54, 1.807) is 25.1 Å². The Balaban J connectivity index is 0.00000162. The summed E-state index contributed by atoms with van der Waals surface area (Å²) in [6, 6.07) is 10.7. The van der Waals surface area contributed by atoms with Gasteiger partial charge in [0.1, 0.15) is 6.04 Å². The van der Waals surface area contributed by atoms with Crippen LogP contribution in [-0.4, -0.2) is 71.1 Å². The van der Waals surface area contributed by atoms with Crippen molar-refractivity contribution < 1.29 is 37.1 Å². The van der Waals surface area contributed by atoms with Crippen molar-refractivity contribution >= 4 is 24.1 Å². The Morgan fingerprint density at radius 3 is 2.51 bits per heavy atom. The third-order valence-electron chi connectivity index (χ3n) is 7.39. The van der Waals surface area contributed by atoms with Gasteiger partial charge < -0.3 is 14.3 Å². The zero-order valence-electron chi connectivity index (χ0n) is 24.3. The minimum atomic E-state index is -4.61. The van der Waals surface area contributed by atoms with Crippen molar-refractivity contribution in [2.75, 3.05) is 39.2 Å². The molecule has 0 aliphatic carbocycles. The van der Waals surface area contributed by atoms with Gasteiger partial charge in [0.2, 0.25) is 5.95 Å². The summed E-state index contributed by atoms with van der Waals surface area (Å²) in [7, 11) is 5.34. The maximum atomic E-state index is 13.6. The molecule has 0 radical (unpaired) electrons. The average Bonchev–Trinajstić information content (AvgIpc) is 3.35. The highest BCUT2D eigenvalue weighted by Crippen LogP contribution is 2.43. The van der Waals surface area contributed by atoms with Gasteiger partial charge in [-0.3, -0.25) is 9.69 Å². The maximum Gasteiger partial charge on any atom is 0.416 e. The number of esters is 1. The van der Waals surface area contributed by atoms with Crippen molar-refractivity contribution in [1.29, 1.82) is 5.26 Å².